The van der Waals surface area contributed by atoms with Crippen LogP contribution in [0.15, 0.2) is 15.9 Å². The Morgan fingerprint density at radius 2 is 2.24 bits per heavy atom. The van der Waals surface area contributed by atoms with Crippen LogP contribution in [0.5, 0.6) is 0 Å². The van der Waals surface area contributed by atoms with Gasteiger partial charge in [-0.25, -0.2) is 0 Å². The maximum Gasteiger partial charge on any atom is 0.0701 e. The largest absolute Gasteiger partial charge is 0.316 e. The number of rotatable bonds is 7. The SMILES string of the molecule is CCCNCC(C)(Cc1ccc(Br)s1)C1CC1. The second-order valence-corrected chi connectivity index (χ2v) is 8.04. The second-order valence-electron chi connectivity index (χ2n) is 5.49. The molecule has 0 amide bonds. The van der Waals surface area contributed by atoms with Crippen LogP contribution in [-0.2, 0) is 6.42 Å². The lowest BCUT2D eigenvalue weighted by Gasteiger charge is -2.29. The number of nitrogens with one attached hydrogen (secondary N) is 1. The van der Waals surface area contributed by atoms with Crippen LogP contribution in [0.4, 0.5) is 0 Å². The number of halogens is 1. The van der Waals surface area contributed by atoms with Crippen LogP contribution >= 0.6 is 27.3 Å². The summed E-state index contributed by atoms with van der Waals surface area (Å²) in [5.41, 5.74) is 0.458. The fourth-order valence-electron chi connectivity index (χ4n) is 2.53. The first kappa shape index (κ1) is 13.6. The van der Waals surface area contributed by atoms with Crippen molar-refractivity contribution in [1.29, 1.82) is 0 Å². The van der Waals surface area contributed by atoms with Gasteiger partial charge in [0.1, 0.15) is 0 Å². The Kier molecular flexibility index (Phi) is 4.67. The molecule has 1 fully saturated rings. The normalized spacial score (nSPS) is 19.2. The first-order valence-corrected chi connectivity index (χ1v) is 8.20. The summed E-state index contributed by atoms with van der Waals surface area (Å²) >= 11 is 5.45. The van der Waals surface area contributed by atoms with Gasteiger partial charge in [-0.05, 0) is 71.6 Å². The predicted molar refractivity (Wildman–Crippen MR) is 79.7 cm³/mol. The molecule has 1 nitrogen and oxygen atoms in total. The van der Waals surface area contributed by atoms with E-state index >= 15 is 0 Å². The minimum atomic E-state index is 0.458. The molecular formula is C14H22BrNS. The summed E-state index contributed by atoms with van der Waals surface area (Å²) in [4.78, 5) is 1.52. The van der Waals surface area contributed by atoms with Crippen molar-refractivity contribution in [3.05, 3.63) is 20.8 Å². The Bertz CT molecular complexity index is 359. The monoisotopic (exact) mass is 315 g/mol. The van der Waals surface area contributed by atoms with Crippen molar-refractivity contribution in [2.24, 2.45) is 11.3 Å². The maximum absolute atomic E-state index is 3.62. The summed E-state index contributed by atoms with van der Waals surface area (Å²) in [6.07, 6.45) is 5.31. The van der Waals surface area contributed by atoms with Crippen molar-refractivity contribution in [2.45, 2.75) is 39.5 Å². The topological polar surface area (TPSA) is 12.0 Å². The molecule has 1 heterocycles. The highest BCUT2D eigenvalue weighted by Gasteiger charge is 2.41. The lowest BCUT2D eigenvalue weighted by Crippen LogP contribution is -2.35. The molecule has 1 aromatic rings. The molecule has 1 aliphatic carbocycles. The van der Waals surface area contributed by atoms with E-state index in [-0.39, 0.29) is 0 Å². The molecule has 0 aliphatic heterocycles. The average Bonchev–Trinajstić information content (AvgIpc) is 3.05. The molecular weight excluding hydrogens is 294 g/mol. The molecule has 96 valence electrons. The van der Waals surface area contributed by atoms with Gasteiger partial charge in [0, 0.05) is 11.4 Å². The van der Waals surface area contributed by atoms with E-state index in [1.165, 1.54) is 40.9 Å². The highest BCUT2D eigenvalue weighted by atomic mass is 79.9. The van der Waals surface area contributed by atoms with Crippen LogP contribution in [-0.4, -0.2) is 13.1 Å². The lowest BCUT2D eigenvalue weighted by atomic mass is 9.81. The molecule has 0 saturated heterocycles. The molecule has 1 atom stereocenters. The van der Waals surface area contributed by atoms with Crippen molar-refractivity contribution >= 4 is 27.3 Å². The van der Waals surface area contributed by atoms with Gasteiger partial charge < -0.3 is 5.32 Å². The molecule has 1 aromatic heterocycles. The van der Waals surface area contributed by atoms with Gasteiger partial charge in [-0.3, -0.25) is 0 Å². The molecule has 0 aromatic carbocycles. The van der Waals surface area contributed by atoms with Gasteiger partial charge in [-0.1, -0.05) is 13.8 Å². The van der Waals surface area contributed by atoms with Gasteiger partial charge in [0.2, 0.25) is 0 Å². The molecule has 17 heavy (non-hydrogen) atoms. The third-order valence-corrected chi connectivity index (χ3v) is 5.35. The Morgan fingerprint density at radius 3 is 2.76 bits per heavy atom. The van der Waals surface area contributed by atoms with Crippen molar-refractivity contribution in [3.63, 3.8) is 0 Å². The van der Waals surface area contributed by atoms with Crippen LogP contribution in [0.1, 0.15) is 38.0 Å². The van der Waals surface area contributed by atoms with Gasteiger partial charge >= 0.3 is 0 Å². The van der Waals surface area contributed by atoms with Crippen LogP contribution in [0.2, 0.25) is 0 Å². The third-order valence-electron chi connectivity index (χ3n) is 3.73. The zero-order valence-corrected chi connectivity index (χ0v) is 13.2. The molecule has 1 unspecified atom stereocenters. The molecule has 0 bridgehead atoms. The van der Waals surface area contributed by atoms with Gasteiger partial charge in [0.25, 0.3) is 0 Å². The van der Waals surface area contributed by atoms with Crippen LogP contribution in [0.3, 0.4) is 0 Å². The summed E-state index contributed by atoms with van der Waals surface area (Å²) in [5.74, 6) is 0.938. The highest BCUT2D eigenvalue weighted by molar-refractivity contribution is 9.11. The number of thiophene rings is 1. The average molecular weight is 316 g/mol. The van der Waals surface area contributed by atoms with E-state index in [4.69, 9.17) is 0 Å². The van der Waals surface area contributed by atoms with Crippen LogP contribution in [0.25, 0.3) is 0 Å². The summed E-state index contributed by atoms with van der Waals surface area (Å²) in [6.45, 7) is 7.01. The molecule has 1 N–H and O–H groups in total. The Morgan fingerprint density at radius 1 is 1.47 bits per heavy atom. The van der Waals surface area contributed by atoms with Crippen molar-refractivity contribution in [3.8, 4) is 0 Å². The van der Waals surface area contributed by atoms with Gasteiger partial charge in [-0.15, -0.1) is 11.3 Å². The zero-order valence-electron chi connectivity index (χ0n) is 10.8. The minimum Gasteiger partial charge on any atom is -0.316 e. The quantitative estimate of drug-likeness (QED) is 0.732. The minimum absolute atomic E-state index is 0.458. The summed E-state index contributed by atoms with van der Waals surface area (Å²) in [6, 6.07) is 4.45. The summed E-state index contributed by atoms with van der Waals surface area (Å²) in [7, 11) is 0. The van der Waals surface area contributed by atoms with E-state index in [0.717, 1.165) is 12.5 Å². The zero-order chi connectivity index (χ0) is 12.3. The molecule has 1 aliphatic rings. The van der Waals surface area contributed by atoms with E-state index in [0.29, 0.717) is 5.41 Å². The smallest absolute Gasteiger partial charge is 0.0701 e. The number of hydrogen-bond acceptors (Lipinski definition) is 2. The van der Waals surface area contributed by atoms with E-state index in [1.807, 2.05) is 11.3 Å². The van der Waals surface area contributed by atoms with Gasteiger partial charge in [-0.2, -0.15) is 0 Å². The van der Waals surface area contributed by atoms with E-state index in [9.17, 15) is 0 Å². The first-order chi connectivity index (χ1) is 8.14. The second kappa shape index (κ2) is 5.85. The molecule has 1 saturated carbocycles. The van der Waals surface area contributed by atoms with E-state index in [1.54, 1.807) is 0 Å². The standard InChI is InChI=1S/C14H22BrNS/c1-3-8-16-10-14(2,11-4-5-11)9-12-6-7-13(15)17-12/h6-7,11,16H,3-5,8-10H2,1-2H3. The van der Waals surface area contributed by atoms with Crippen LogP contribution in [0, 0.1) is 11.3 Å². The van der Waals surface area contributed by atoms with Crippen molar-refractivity contribution in [2.75, 3.05) is 13.1 Å². The number of hydrogen-bond donors (Lipinski definition) is 1. The Balaban J connectivity index is 1.95. The maximum atomic E-state index is 3.62. The highest BCUT2D eigenvalue weighted by Crippen LogP contribution is 2.47. The van der Waals surface area contributed by atoms with E-state index in [2.05, 4.69) is 47.2 Å². The summed E-state index contributed by atoms with van der Waals surface area (Å²) < 4.78 is 1.26. The lowest BCUT2D eigenvalue weighted by molar-refractivity contribution is 0.258. The van der Waals surface area contributed by atoms with Gasteiger partial charge in [0.05, 0.1) is 3.79 Å². The summed E-state index contributed by atoms with van der Waals surface area (Å²) in [5, 5.41) is 3.62. The first-order valence-electron chi connectivity index (χ1n) is 6.59. The third kappa shape index (κ3) is 3.80. The Labute approximate surface area is 117 Å². The molecule has 0 spiro atoms. The fourth-order valence-corrected chi connectivity index (χ4v) is 4.21. The fraction of sp³-hybridized carbons (Fsp3) is 0.714. The predicted octanol–water partition coefficient (Wildman–Crippen LogP) is 4.47. The van der Waals surface area contributed by atoms with Gasteiger partial charge in [0.15, 0.2) is 0 Å². The molecule has 3 heteroatoms. The van der Waals surface area contributed by atoms with Crippen molar-refractivity contribution < 1.29 is 0 Å². The Hall–Kier alpha value is 0.140. The van der Waals surface area contributed by atoms with Crippen LogP contribution < -0.4 is 5.32 Å². The molecule has 2 rings (SSSR count). The van der Waals surface area contributed by atoms with E-state index < -0.39 is 0 Å². The van der Waals surface area contributed by atoms with Crippen molar-refractivity contribution in [1.82, 2.24) is 5.32 Å². The molecule has 0 radical (unpaired) electrons.